The van der Waals surface area contributed by atoms with Crippen molar-refractivity contribution in [2.45, 2.75) is 32.0 Å². The molecule has 0 aliphatic rings. The molecule has 0 saturated heterocycles. The topological polar surface area (TPSA) is 121 Å². The molecule has 0 fully saturated rings. The van der Waals surface area contributed by atoms with Gasteiger partial charge in [0.25, 0.3) is 0 Å². The van der Waals surface area contributed by atoms with E-state index in [-0.39, 0.29) is 18.9 Å². The number of hydrogen-bond acceptors (Lipinski definition) is 7. The molecule has 0 radical (unpaired) electrons. The van der Waals surface area contributed by atoms with E-state index >= 15 is 0 Å². The fourth-order valence-electron chi connectivity index (χ4n) is 1.65. The fourth-order valence-corrected chi connectivity index (χ4v) is 2.27. The van der Waals surface area contributed by atoms with Crippen molar-refractivity contribution in [3.05, 3.63) is 11.9 Å². The molecular formula is C13H22FIN5O4-. The van der Waals surface area contributed by atoms with Gasteiger partial charge in [0.1, 0.15) is 0 Å². The Hall–Kier alpha value is -1.18. The van der Waals surface area contributed by atoms with Gasteiger partial charge in [-0.3, -0.25) is 0 Å². The van der Waals surface area contributed by atoms with Gasteiger partial charge in [-0.25, -0.2) is 0 Å². The van der Waals surface area contributed by atoms with Crippen LogP contribution in [0.15, 0.2) is 6.20 Å². The van der Waals surface area contributed by atoms with Gasteiger partial charge in [-0.15, -0.1) is 0 Å². The molecule has 1 atom stereocenters. The molecule has 24 heavy (non-hydrogen) atoms. The van der Waals surface area contributed by atoms with E-state index in [1.54, 1.807) is 13.3 Å². The number of nitrogens with zero attached hydrogens (tertiary/aromatic N) is 3. The minimum atomic E-state index is -1.97. The quantitative estimate of drug-likeness (QED) is 0.177. The van der Waals surface area contributed by atoms with Gasteiger partial charge in [0, 0.05) is 7.11 Å². The van der Waals surface area contributed by atoms with E-state index in [1.807, 2.05) is 0 Å². The Balaban J connectivity index is 2.21. The number of ether oxygens (including phenoxy) is 2. The van der Waals surface area contributed by atoms with Gasteiger partial charge < -0.3 is 9.47 Å². The van der Waals surface area contributed by atoms with Crippen LogP contribution in [0, 0.1) is 0 Å². The van der Waals surface area contributed by atoms with E-state index in [0.717, 1.165) is 0 Å². The summed E-state index contributed by atoms with van der Waals surface area (Å²) in [5.41, 5.74) is 6.14. The van der Waals surface area contributed by atoms with Crippen LogP contribution in [0.4, 0.5) is 2.86 Å². The first-order valence-corrected chi connectivity index (χ1v) is 9.24. The second-order valence-electron chi connectivity index (χ2n) is 4.88. The number of aryl methyl sites for hydroxylation is 1. The molecule has 0 aliphatic heterocycles. The molecule has 0 saturated carbocycles. The Bertz CT molecular complexity index is 516. The van der Waals surface area contributed by atoms with Gasteiger partial charge in [0.15, 0.2) is 0 Å². The number of amides is 1. The molecule has 1 aromatic heterocycles. The summed E-state index contributed by atoms with van der Waals surface area (Å²) in [4.78, 5) is 22.7. The normalized spacial score (nSPS) is 12.3. The Morgan fingerprint density at radius 1 is 1.46 bits per heavy atom. The van der Waals surface area contributed by atoms with Crippen molar-refractivity contribution >= 4 is 9.70 Å². The number of carbonyl (C=O) groups is 2. The Morgan fingerprint density at radius 2 is 2.25 bits per heavy atom. The number of nitrogens with one attached hydrogen (secondary N) is 1. The van der Waals surface area contributed by atoms with Crippen LogP contribution in [0.2, 0.25) is 0 Å². The second-order valence-corrected chi connectivity index (χ2v) is 6.35. The van der Waals surface area contributed by atoms with Crippen LogP contribution in [0.25, 0.3) is 0 Å². The molecular weight excluding hydrogens is 436 g/mol. The Kier molecular flexibility index (Phi) is 10.6. The summed E-state index contributed by atoms with van der Waals surface area (Å²) in [6, 6.07) is -0.798. The minimum absolute atomic E-state index is 0.151. The average Bonchev–Trinajstić information content (AvgIpc) is 3.04. The van der Waals surface area contributed by atoms with Gasteiger partial charge in [-0.1, -0.05) is 0 Å². The summed E-state index contributed by atoms with van der Waals surface area (Å²) >= 11 is -1.97. The Morgan fingerprint density at radius 3 is 2.96 bits per heavy atom. The van der Waals surface area contributed by atoms with Gasteiger partial charge in [-0.2, -0.15) is 0 Å². The first kappa shape index (κ1) is 20.9. The van der Waals surface area contributed by atoms with Gasteiger partial charge in [-0.05, 0) is 0 Å². The van der Waals surface area contributed by atoms with Crippen molar-refractivity contribution in [2.24, 2.45) is 5.73 Å². The van der Waals surface area contributed by atoms with Crippen LogP contribution >= 0.6 is 0 Å². The van der Waals surface area contributed by atoms with Gasteiger partial charge >= 0.3 is 120 Å². The molecule has 0 aromatic carbocycles. The SMILES string of the molecule is COCCOCCC(=O)NCc1cn(CCC(N)C(=O)[I-]F)nn1. The molecule has 11 heteroatoms. The number of methoxy groups -OCH3 is 1. The number of hydrogen-bond donors (Lipinski definition) is 2. The summed E-state index contributed by atoms with van der Waals surface area (Å²) in [5.74, 6) is -0.151. The molecule has 1 unspecified atom stereocenters. The third-order valence-corrected chi connectivity index (χ3v) is 4.19. The molecule has 1 amide bonds. The average molecular weight is 458 g/mol. The van der Waals surface area contributed by atoms with Crippen LogP contribution in [0.1, 0.15) is 18.5 Å². The van der Waals surface area contributed by atoms with E-state index in [9.17, 15) is 12.4 Å². The van der Waals surface area contributed by atoms with Crippen molar-refractivity contribution in [1.29, 1.82) is 0 Å². The maximum atomic E-state index is 12.3. The first-order valence-electron chi connectivity index (χ1n) is 7.34. The van der Waals surface area contributed by atoms with E-state index < -0.39 is 31.6 Å². The van der Waals surface area contributed by atoms with Crippen LogP contribution in [-0.4, -0.2) is 57.7 Å². The van der Waals surface area contributed by atoms with Crippen molar-refractivity contribution in [1.82, 2.24) is 20.3 Å². The fraction of sp³-hybridized carbons (Fsp3) is 0.692. The molecule has 1 rings (SSSR count). The molecule has 0 spiro atoms. The first-order chi connectivity index (χ1) is 11.6. The standard InChI is InChI=1S/C13H22FIN5O4/c1-23-6-7-24-5-3-12(21)17-8-10-9-20(19-18-10)4-2-11(16)13(22)15-14/h9,11H,2-8,16H2,1H3,(H,17,21)/q-1. The van der Waals surface area contributed by atoms with Crippen molar-refractivity contribution in [2.75, 3.05) is 26.9 Å². The monoisotopic (exact) mass is 458 g/mol. The zero-order valence-corrected chi connectivity index (χ0v) is 15.6. The third kappa shape index (κ3) is 8.61. The van der Waals surface area contributed by atoms with Gasteiger partial charge in [0.2, 0.25) is 0 Å². The molecule has 0 bridgehead atoms. The summed E-state index contributed by atoms with van der Waals surface area (Å²) < 4.78 is 23.3. The van der Waals surface area contributed by atoms with E-state index in [0.29, 0.717) is 38.5 Å². The number of rotatable bonds is 13. The number of carbonyl (C=O) groups excluding carboxylic acids is 2. The van der Waals surface area contributed by atoms with Crippen molar-refractivity contribution in [3.8, 4) is 0 Å². The summed E-state index contributed by atoms with van der Waals surface area (Å²) in [6.45, 7) is 1.88. The molecule has 0 aliphatic carbocycles. The van der Waals surface area contributed by atoms with E-state index in [1.165, 1.54) is 4.68 Å². The summed E-state index contributed by atoms with van der Waals surface area (Å²) in [6.07, 6.45) is 2.20. The second kappa shape index (κ2) is 12.2. The molecule has 3 N–H and O–H groups in total. The van der Waals surface area contributed by atoms with E-state index in [2.05, 4.69) is 15.6 Å². The van der Waals surface area contributed by atoms with Crippen LogP contribution in [0.5, 0.6) is 0 Å². The molecule has 138 valence electrons. The predicted octanol–water partition coefficient (Wildman–Crippen LogP) is -3.84. The van der Waals surface area contributed by atoms with Crippen molar-refractivity contribution < 1.29 is 43.7 Å². The molecule has 1 heterocycles. The van der Waals surface area contributed by atoms with Gasteiger partial charge in [0.05, 0.1) is 13.2 Å². The zero-order chi connectivity index (χ0) is 17.8. The zero-order valence-electron chi connectivity index (χ0n) is 13.4. The van der Waals surface area contributed by atoms with Crippen molar-refractivity contribution in [3.63, 3.8) is 0 Å². The predicted molar refractivity (Wildman–Crippen MR) is 77.9 cm³/mol. The maximum absolute atomic E-state index is 12.3. The van der Waals surface area contributed by atoms with Crippen LogP contribution < -0.4 is 32.8 Å². The number of nitrogens with two attached hydrogens (primary N) is 1. The van der Waals surface area contributed by atoms with E-state index in [4.69, 9.17) is 15.2 Å². The van der Waals surface area contributed by atoms with Crippen LogP contribution in [-0.2, 0) is 32.2 Å². The number of halogens is 2. The molecule has 1 aromatic rings. The summed E-state index contributed by atoms with van der Waals surface area (Å²) in [7, 11) is 1.58. The molecule has 9 nitrogen and oxygen atoms in total. The Labute approximate surface area is 150 Å². The summed E-state index contributed by atoms with van der Waals surface area (Å²) in [5, 5.41) is 10.5. The van der Waals surface area contributed by atoms with Crippen LogP contribution in [0.3, 0.4) is 0 Å². The number of aromatic nitrogens is 3. The third-order valence-electron chi connectivity index (χ3n) is 2.99.